The van der Waals surface area contributed by atoms with Crippen molar-refractivity contribution in [3.8, 4) is 0 Å². The lowest BCUT2D eigenvalue weighted by atomic mass is 10.0. The number of carbonyl (C=O) groups excluding carboxylic acids is 2. The molecule has 3 heterocycles. The molecule has 0 radical (unpaired) electrons. The van der Waals surface area contributed by atoms with Crippen molar-refractivity contribution in [2.45, 2.75) is 32.2 Å². The molecule has 2 fully saturated rings. The van der Waals surface area contributed by atoms with Gasteiger partial charge < -0.3 is 15.0 Å². The highest BCUT2D eigenvalue weighted by Gasteiger charge is 2.28. The normalized spacial score (nSPS) is 20.3. The molecule has 2 aliphatic heterocycles. The van der Waals surface area contributed by atoms with Gasteiger partial charge in [0.1, 0.15) is 5.82 Å². The Bertz CT molecular complexity index is 832. The van der Waals surface area contributed by atoms with Crippen LogP contribution in [-0.4, -0.2) is 52.8 Å². The van der Waals surface area contributed by atoms with Gasteiger partial charge in [-0.1, -0.05) is 17.7 Å². The van der Waals surface area contributed by atoms with Crippen LogP contribution in [0, 0.1) is 12.8 Å². The van der Waals surface area contributed by atoms with E-state index in [1.54, 1.807) is 6.20 Å². The first-order chi connectivity index (χ1) is 13.6. The fraction of sp³-hybridized carbons (Fsp3) is 0.476. The second kappa shape index (κ2) is 8.14. The SMILES string of the molecule is Cc1ccc(C(=O)N2CCC(n3nccc3NC(=O)[C@H]3CCOC3)CC2)cc1. The van der Waals surface area contributed by atoms with Crippen LogP contribution >= 0.6 is 0 Å². The standard InChI is InChI=1S/C21H26N4O3/c1-15-2-4-16(5-3-15)21(27)24-11-7-18(8-12-24)25-19(6-10-22-25)23-20(26)17-9-13-28-14-17/h2-6,10,17-18H,7-9,11-14H2,1H3,(H,23,26)/t17-/m0/s1. The van der Waals surface area contributed by atoms with Crippen molar-refractivity contribution in [3.05, 3.63) is 47.7 Å². The average molecular weight is 382 g/mol. The van der Waals surface area contributed by atoms with Crippen molar-refractivity contribution >= 4 is 17.6 Å². The average Bonchev–Trinajstić information content (AvgIpc) is 3.40. The van der Waals surface area contributed by atoms with Gasteiger partial charge in [0, 0.05) is 31.3 Å². The molecule has 1 aromatic heterocycles. The largest absolute Gasteiger partial charge is 0.381 e. The lowest BCUT2D eigenvalue weighted by molar-refractivity contribution is -0.119. The lowest BCUT2D eigenvalue weighted by Crippen LogP contribution is -2.39. The summed E-state index contributed by atoms with van der Waals surface area (Å²) in [7, 11) is 0. The summed E-state index contributed by atoms with van der Waals surface area (Å²) in [6.07, 6.45) is 4.10. The number of benzene rings is 1. The highest BCUT2D eigenvalue weighted by atomic mass is 16.5. The second-order valence-corrected chi connectivity index (χ2v) is 7.60. The van der Waals surface area contributed by atoms with Gasteiger partial charge in [-0.25, -0.2) is 4.68 Å². The monoisotopic (exact) mass is 382 g/mol. The molecule has 2 aliphatic rings. The summed E-state index contributed by atoms with van der Waals surface area (Å²) in [4.78, 5) is 27.0. The first-order valence-electron chi connectivity index (χ1n) is 9.90. The van der Waals surface area contributed by atoms with Gasteiger partial charge in [-0.2, -0.15) is 5.10 Å². The molecule has 1 N–H and O–H groups in total. The zero-order chi connectivity index (χ0) is 19.5. The predicted octanol–water partition coefficient (Wildman–Crippen LogP) is 2.64. The highest BCUT2D eigenvalue weighted by Crippen LogP contribution is 2.27. The van der Waals surface area contributed by atoms with Crippen LogP contribution in [0.15, 0.2) is 36.5 Å². The molecular formula is C21H26N4O3. The fourth-order valence-electron chi connectivity index (χ4n) is 3.87. The van der Waals surface area contributed by atoms with E-state index < -0.39 is 0 Å². The molecule has 7 heteroatoms. The van der Waals surface area contributed by atoms with Gasteiger partial charge in [-0.3, -0.25) is 9.59 Å². The third-order valence-electron chi connectivity index (χ3n) is 5.62. The maximum Gasteiger partial charge on any atom is 0.253 e. The smallest absolute Gasteiger partial charge is 0.253 e. The van der Waals surface area contributed by atoms with Crippen LogP contribution in [-0.2, 0) is 9.53 Å². The predicted molar refractivity (Wildman–Crippen MR) is 105 cm³/mol. The van der Waals surface area contributed by atoms with Gasteiger partial charge in [0.25, 0.3) is 5.91 Å². The topological polar surface area (TPSA) is 76.5 Å². The molecule has 1 atom stereocenters. The summed E-state index contributed by atoms with van der Waals surface area (Å²) in [6, 6.07) is 9.71. The molecule has 0 spiro atoms. The first-order valence-corrected chi connectivity index (χ1v) is 9.90. The molecule has 0 saturated carbocycles. The zero-order valence-corrected chi connectivity index (χ0v) is 16.1. The van der Waals surface area contributed by atoms with Crippen molar-refractivity contribution in [1.29, 1.82) is 0 Å². The van der Waals surface area contributed by atoms with Gasteiger partial charge in [0.2, 0.25) is 5.91 Å². The molecule has 2 saturated heterocycles. The van der Waals surface area contributed by atoms with E-state index in [4.69, 9.17) is 4.74 Å². The molecule has 0 aliphatic carbocycles. The van der Waals surface area contributed by atoms with Crippen LogP contribution in [0.4, 0.5) is 5.82 Å². The Morgan fingerprint density at radius 3 is 2.54 bits per heavy atom. The van der Waals surface area contributed by atoms with Gasteiger partial charge in [0.15, 0.2) is 0 Å². The van der Waals surface area contributed by atoms with E-state index in [1.807, 2.05) is 46.8 Å². The number of aromatic nitrogens is 2. The summed E-state index contributed by atoms with van der Waals surface area (Å²) in [5.41, 5.74) is 1.88. The molecule has 0 bridgehead atoms. The number of amides is 2. The van der Waals surface area contributed by atoms with E-state index >= 15 is 0 Å². The van der Waals surface area contributed by atoms with Gasteiger partial charge in [0.05, 0.1) is 24.8 Å². The van der Waals surface area contributed by atoms with E-state index in [2.05, 4.69) is 10.4 Å². The molecule has 1 aromatic carbocycles. The summed E-state index contributed by atoms with van der Waals surface area (Å²) < 4.78 is 7.19. The van der Waals surface area contributed by atoms with Crippen molar-refractivity contribution in [3.63, 3.8) is 0 Å². The number of nitrogens with one attached hydrogen (secondary N) is 1. The Hall–Kier alpha value is -2.67. The number of anilines is 1. The molecule has 28 heavy (non-hydrogen) atoms. The number of hydrogen-bond donors (Lipinski definition) is 1. The second-order valence-electron chi connectivity index (χ2n) is 7.60. The molecule has 0 unspecified atom stereocenters. The van der Waals surface area contributed by atoms with Crippen molar-refractivity contribution in [2.75, 3.05) is 31.6 Å². The summed E-state index contributed by atoms with van der Waals surface area (Å²) in [5.74, 6) is 0.706. The summed E-state index contributed by atoms with van der Waals surface area (Å²) in [5, 5.41) is 7.42. The van der Waals surface area contributed by atoms with Gasteiger partial charge in [-0.05, 0) is 38.3 Å². The maximum atomic E-state index is 12.7. The minimum atomic E-state index is -0.0858. The molecule has 4 rings (SSSR count). The number of piperidine rings is 1. The number of likely N-dealkylation sites (tertiary alicyclic amines) is 1. The Labute approximate surface area is 164 Å². The Morgan fingerprint density at radius 1 is 1.11 bits per heavy atom. The van der Waals surface area contributed by atoms with E-state index in [0.29, 0.717) is 26.3 Å². The van der Waals surface area contributed by atoms with Crippen LogP contribution in [0.3, 0.4) is 0 Å². The number of rotatable bonds is 4. The van der Waals surface area contributed by atoms with Crippen molar-refractivity contribution < 1.29 is 14.3 Å². The van der Waals surface area contributed by atoms with E-state index in [-0.39, 0.29) is 23.8 Å². The van der Waals surface area contributed by atoms with Gasteiger partial charge in [-0.15, -0.1) is 0 Å². The molecular weight excluding hydrogens is 356 g/mol. The molecule has 2 amide bonds. The van der Waals surface area contributed by atoms with Crippen LogP contribution in [0.5, 0.6) is 0 Å². The number of ether oxygens (including phenoxy) is 1. The maximum absolute atomic E-state index is 12.7. The van der Waals surface area contributed by atoms with E-state index in [9.17, 15) is 9.59 Å². The van der Waals surface area contributed by atoms with Crippen LogP contribution in [0.2, 0.25) is 0 Å². The third kappa shape index (κ3) is 3.94. The van der Waals surface area contributed by atoms with Crippen LogP contribution < -0.4 is 5.32 Å². The number of hydrogen-bond acceptors (Lipinski definition) is 4. The van der Waals surface area contributed by atoms with Crippen molar-refractivity contribution in [2.24, 2.45) is 5.92 Å². The van der Waals surface area contributed by atoms with Crippen molar-refractivity contribution in [1.82, 2.24) is 14.7 Å². The van der Waals surface area contributed by atoms with Crippen LogP contribution in [0.25, 0.3) is 0 Å². The number of aryl methyl sites for hydroxylation is 1. The van der Waals surface area contributed by atoms with E-state index in [0.717, 1.165) is 36.2 Å². The van der Waals surface area contributed by atoms with E-state index in [1.165, 1.54) is 0 Å². The lowest BCUT2D eigenvalue weighted by Gasteiger charge is -2.33. The Balaban J connectivity index is 1.36. The zero-order valence-electron chi connectivity index (χ0n) is 16.1. The Kier molecular flexibility index (Phi) is 5.43. The molecule has 2 aromatic rings. The first kappa shape index (κ1) is 18.7. The molecule has 148 valence electrons. The highest BCUT2D eigenvalue weighted by molar-refractivity contribution is 5.94. The minimum Gasteiger partial charge on any atom is -0.381 e. The minimum absolute atomic E-state index is 0.00812. The third-order valence-corrected chi connectivity index (χ3v) is 5.62. The van der Waals surface area contributed by atoms with Crippen LogP contribution in [0.1, 0.15) is 41.2 Å². The number of carbonyl (C=O) groups is 2. The van der Waals surface area contributed by atoms with Gasteiger partial charge >= 0.3 is 0 Å². The molecule has 7 nitrogen and oxygen atoms in total. The summed E-state index contributed by atoms with van der Waals surface area (Å²) >= 11 is 0. The summed E-state index contributed by atoms with van der Waals surface area (Å²) in [6.45, 7) is 4.51. The number of nitrogens with zero attached hydrogens (tertiary/aromatic N) is 3. The fourth-order valence-corrected chi connectivity index (χ4v) is 3.87. The quantitative estimate of drug-likeness (QED) is 0.882. The Morgan fingerprint density at radius 2 is 1.86 bits per heavy atom.